The van der Waals surface area contributed by atoms with E-state index in [1.54, 1.807) is 0 Å². The van der Waals surface area contributed by atoms with Gasteiger partial charge in [0.2, 0.25) is 5.89 Å². The summed E-state index contributed by atoms with van der Waals surface area (Å²) < 4.78 is 5.63. The lowest BCUT2D eigenvalue weighted by atomic mass is 10.2. The molecule has 3 aromatic heterocycles. The molecule has 26 heavy (non-hydrogen) atoms. The van der Waals surface area contributed by atoms with E-state index in [1.165, 1.54) is 23.1 Å². The number of aromatic nitrogens is 4. The van der Waals surface area contributed by atoms with E-state index in [0.717, 1.165) is 34.0 Å². The number of nitrogens with one attached hydrogen (secondary N) is 1. The molecule has 1 aliphatic rings. The highest BCUT2D eigenvalue weighted by atomic mass is 32.2. The highest BCUT2D eigenvalue weighted by Gasteiger charge is 2.29. The Morgan fingerprint density at radius 1 is 1.23 bits per heavy atom. The van der Waals surface area contributed by atoms with Crippen molar-refractivity contribution < 1.29 is 4.42 Å². The summed E-state index contributed by atoms with van der Waals surface area (Å²) in [6.07, 6.45) is 2.25. The molecule has 0 spiro atoms. The van der Waals surface area contributed by atoms with E-state index >= 15 is 0 Å². The van der Waals surface area contributed by atoms with Crippen LogP contribution in [0.3, 0.4) is 0 Å². The van der Waals surface area contributed by atoms with Crippen LogP contribution in [0.2, 0.25) is 0 Å². The third kappa shape index (κ3) is 3.06. The number of benzene rings is 1. The second-order valence-electron chi connectivity index (χ2n) is 6.18. The van der Waals surface area contributed by atoms with Crippen molar-refractivity contribution in [3.05, 3.63) is 58.5 Å². The minimum Gasteiger partial charge on any atom is -0.416 e. The first kappa shape index (κ1) is 15.8. The molecule has 0 aliphatic heterocycles. The lowest BCUT2D eigenvalue weighted by molar-refractivity contribution is 0.414. The average molecular weight is 382 g/mol. The molecular formula is C18H14N4O2S2. The zero-order chi connectivity index (χ0) is 17.5. The molecule has 0 bridgehead atoms. The summed E-state index contributed by atoms with van der Waals surface area (Å²) in [7, 11) is 0. The van der Waals surface area contributed by atoms with Gasteiger partial charge in [0, 0.05) is 10.8 Å². The molecule has 0 saturated heterocycles. The largest absolute Gasteiger partial charge is 0.416 e. The summed E-state index contributed by atoms with van der Waals surface area (Å²) >= 11 is 2.92. The van der Waals surface area contributed by atoms with Gasteiger partial charge in [-0.2, -0.15) is 0 Å². The summed E-state index contributed by atoms with van der Waals surface area (Å²) in [5.41, 5.74) is 0.970. The molecule has 1 N–H and O–H groups in total. The van der Waals surface area contributed by atoms with Crippen molar-refractivity contribution in [3.63, 3.8) is 0 Å². The maximum absolute atomic E-state index is 12.4. The molecule has 1 saturated carbocycles. The van der Waals surface area contributed by atoms with Crippen LogP contribution in [0.4, 0.5) is 0 Å². The van der Waals surface area contributed by atoms with Gasteiger partial charge in [0.15, 0.2) is 0 Å². The Hall–Kier alpha value is -2.45. The molecule has 0 radical (unpaired) electrons. The standard InChI is InChI=1S/C18H14N4O2S2/c23-15-12-8-13(10-4-2-1-3-5-10)26-17(12)20-14(19-15)9-25-18-22-21-16(24-18)11-6-7-11/h1-5,8,11H,6-7,9H2,(H,19,20,23). The Kier molecular flexibility index (Phi) is 3.86. The predicted molar refractivity (Wildman–Crippen MR) is 102 cm³/mol. The molecule has 3 heterocycles. The molecular weight excluding hydrogens is 368 g/mol. The summed E-state index contributed by atoms with van der Waals surface area (Å²) in [5.74, 6) is 2.25. The van der Waals surface area contributed by atoms with Gasteiger partial charge in [0.1, 0.15) is 10.7 Å². The Bertz CT molecular complexity index is 1130. The van der Waals surface area contributed by atoms with Gasteiger partial charge in [-0.05, 0) is 24.5 Å². The number of fused-ring (bicyclic) bond motifs is 1. The van der Waals surface area contributed by atoms with E-state index in [9.17, 15) is 4.79 Å². The van der Waals surface area contributed by atoms with Gasteiger partial charge in [0.25, 0.3) is 10.8 Å². The van der Waals surface area contributed by atoms with Crippen molar-refractivity contribution in [1.29, 1.82) is 0 Å². The van der Waals surface area contributed by atoms with Gasteiger partial charge in [-0.3, -0.25) is 4.79 Å². The van der Waals surface area contributed by atoms with Gasteiger partial charge in [-0.25, -0.2) is 4.98 Å². The van der Waals surface area contributed by atoms with Crippen molar-refractivity contribution in [1.82, 2.24) is 20.2 Å². The maximum atomic E-state index is 12.4. The molecule has 5 rings (SSSR count). The Morgan fingerprint density at radius 2 is 2.08 bits per heavy atom. The minimum absolute atomic E-state index is 0.117. The molecule has 8 heteroatoms. The zero-order valence-corrected chi connectivity index (χ0v) is 15.3. The second-order valence-corrected chi connectivity index (χ2v) is 8.13. The molecule has 1 fully saturated rings. The summed E-state index contributed by atoms with van der Waals surface area (Å²) in [4.78, 5) is 21.6. The van der Waals surface area contributed by atoms with Gasteiger partial charge < -0.3 is 9.40 Å². The van der Waals surface area contributed by atoms with Gasteiger partial charge in [0.05, 0.1) is 11.1 Å². The molecule has 6 nitrogen and oxygen atoms in total. The average Bonchev–Trinajstić information content (AvgIpc) is 3.24. The second kappa shape index (κ2) is 6.37. The maximum Gasteiger partial charge on any atom is 0.277 e. The number of hydrogen-bond donors (Lipinski definition) is 1. The monoisotopic (exact) mass is 382 g/mol. The van der Waals surface area contributed by atoms with Crippen molar-refractivity contribution in [3.8, 4) is 10.4 Å². The van der Waals surface area contributed by atoms with Crippen molar-refractivity contribution in [2.45, 2.75) is 29.7 Å². The Morgan fingerprint density at radius 3 is 2.88 bits per heavy atom. The van der Waals surface area contributed by atoms with Crippen LogP contribution in [0.1, 0.15) is 30.5 Å². The number of hydrogen-bond acceptors (Lipinski definition) is 7. The molecule has 0 unspecified atom stereocenters. The number of rotatable bonds is 5. The van der Waals surface area contributed by atoms with E-state index in [-0.39, 0.29) is 5.56 Å². The molecule has 130 valence electrons. The summed E-state index contributed by atoms with van der Waals surface area (Å²) in [6.45, 7) is 0. The number of aromatic amines is 1. The topological polar surface area (TPSA) is 84.7 Å². The van der Waals surface area contributed by atoms with Gasteiger partial charge in [-0.1, -0.05) is 42.1 Å². The predicted octanol–water partition coefficient (Wildman–Crippen LogP) is 4.20. The van der Waals surface area contributed by atoms with Crippen LogP contribution in [0.15, 0.2) is 50.8 Å². The minimum atomic E-state index is -0.117. The number of thioether (sulfide) groups is 1. The van der Waals surface area contributed by atoms with Crippen LogP contribution in [-0.2, 0) is 5.75 Å². The highest BCUT2D eigenvalue weighted by Crippen LogP contribution is 2.40. The van der Waals surface area contributed by atoms with E-state index in [4.69, 9.17) is 4.42 Å². The molecule has 0 amide bonds. The van der Waals surface area contributed by atoms with E-state index < -0.39 is 0 Å². The van der Waals surface area contributed by atoms with Crippen LogP contribution in [0.5, 0.6) is 0 Å². The van der Waals surface area contributed by atoms with E-state index in [0.29, 0.717) is 28.1 Å². The third-order valence-corrected chi connectivity index (χ3v) is 6.10. The molecule has 1 aromatic carbocycles. The summed E-state index contributed by atoms with van der Waals surface area (Å²) in [5, 5.41) is 9.26. The first-order chi connectivity index (χ1) is 12.8. The zero-order valence-electron chi connectivity index (χ0n) is 13.6. The van der Waals surface area contributed by atoms with Crippen LogP contribution >= 0.6 is 23.1 Å². The summed E-state index contributed by atoms with van der Waals surface area (Å²) in [6, 6.07) is 11.9. The molecule has 1 aliphatic carbocycles. The third-order valence-electron chi connectivity index (χ3n) is 4.19. The molecule has 4 aromatic rings. The fraction of sp³-hybridized carbons (Fsp3) is 0.222. The quantitative estimate of drug-likeness (QED) is 0.521. The first-order valence-corrected chi connectivity index (χ1v) is 10.1. The van der Waals surface area contributed by atoms with Crippen LogP contribution in [-0.4, -0.2) is 20.2 Å². The van der Waals surface area contributed by atoms with Crippen molar-refractivity contribution in [2.24, 2.45) is 0 Å². The SMILES string of the molecule is O=c1[nH]c(CSc2nnc(C3CC3)o2)nc2sc(-c3ccccc3)cc12. The normalized spacial score (nSPS) is 14.2. The van der Waals surface area contributed by atoms with Crippen molar-refractivity contribution in [2.75, 3.05) is 0 Å². The highest BCUT2D eigenvalue weighted by molar-refractivity contribution is 7.98. The Labute approximate surface area is 156 Å². The van der Waals surface area contributed by atoms with Crippen LogP contribution in [0, 0.1) is 0 Å². The fourth-order valence-electron chi connectivity index (χ4n) is 2.69. The Balaban J connectivity index is 1.40. The van der Waals surface area contributed by atoms with E-state index in [2.05, 4.69) is 20.2 Å². The molecule has 0 atom stereocenters. The number of nitrogens with zero attached hydrogens (tertiary/aromatic N) is 3. The first-order valence-electron chi connectivity index (χ1n) is 8.30. The number of H-pyrrole nitrogens is 1. The fourth-order valence-corrected chi connectivity index (χ4v) is 4.39. The van der Waals surface area contributed by atoms with Crippen LogP contribution in [0.25, 0.3) is 20.7 Å². The van der Waals surface area contributed by atoms with Crippen molar-refractivity contribution >= 4 is 33.3 Å². The van der Waals surface area contributed by atoms with Gasteiger partial charge >= 0.3 is 0 Å². The smallest absolute Gasteiger partial charge is 0.277 e. The van der Waals surface area contributed by atoms with E-state index in [1.807, 2.05) is 36.4 Å². The van der Waals surface area contributed by atoms with Crippen LogP contribution < -0.4 is 5.56 Å². The number of thiophene rings is 1. The lowest BCUT2D eigenvalue weighted by Crippen LogP contribution is -2.09. The van der Waals surface area contributed by atoms with Gasteiger partial charge in [-0.15, -0.1) is 21.5 Å². The lowest BCUT2D eigenvalue weighted by Gasteiger charge is -1.97.